The highest BCUT2D eigenvalue weighted by atomic mass is 14.5. The van der Waals surface area contributed by atoms with Crippen LogP contribution in [-0.4, -0.2) is 0 Å². The number of hydrogen-bond acceptors (Lipinski definition) is 0. The topological polar surface area (TPSA) is 0 Å². The molecule has 3 aliphatic carbocycles. The van der Waals surface area contributed by atoms with Crippen LogP contribution in [0.3, 0.4) is 0 Å². The Labute approximate surface area is 128 Å². The molecule has 108 valence electrons. The van der Waals surface area contributed by atoms with Crippen LogP contribution in [0.4, 0.5) is 0 Å². The molecular weight excluding hydrogens is 252 g/mol. The van der Waals surface area contributed by atoms with Gasteiger partial charge in [-0.15, -0.1) is 0 Å². The van der Waals surface area contributed by atoms with E-state index >= 15 is 0 Å². The number of hydrogen-bond donors (Lipinski definition) is 0. The first-order valence-electron chi connectivity index (χ1n) is 8.55. The highest BCUT2D eigenvalue weighted by Gasteiger charge is 2.47. The molecule has 0 heteroatoms. The molecule has 5 rings (SSSR count). The van der Waals surface area contributed by atoms with E-state index in [9.17, 15) is 0 Å². The van der Waals surface area contributed by atoms with Crippen LogP contribution in [0.2, 0.25) is 0 Å². The summed E-state index contributed by atoms with van der Waals surface area (Å²) in [6, 6.07) is 18.5. The molecule has 0 unspecified atom stereocenters. The van der Waals surface area contributed by atoms with Crippen LogP contribution in [0.15, 0.2) is 48.5 Å². The molecule has 0 fully saturated rings. The molecule has 0 saturated heterocycles. The molecule has 0 amide bonds. The van der Waals surface area contributed by atoms with Gasteiger partial charge in [0.2, 0.25) is 0 Å². The van der Waals surface area contributed by atoms with E-state index in [0.29, 0.717) is 11.3 Å². The van der Waals surface area contributed by atoms with E-state index in [4.69, 9.17) is 0 Å². The minimum absolute atomic E-state index is 0.303. The highest BCUT2D eigenvalue weighted by molar-refractivity contribution is 5.58. The van der Waals surface area contributed by atoms with Gasteiger partial charge in [0.25, 0.3) is 0 Å². The van der Waals surface area contributed by atoms with Crippen molar-refractivity contribution in [2.24, 2.45) is 0 Å². The molecule has 0 nitrogen and oxygen atoms in total. The second kappa shape index (κ2) is 5.02. The van der Waals surface area contributed by atoms with Crippen molar-refractivity contribution in [1.29, 1.82) is 0 Å². The SMILES string of the molecule is CCCCCC12CCC(c3ccccc31)c1ccccc12. The van der Waals surface area contributed by atoms with Crippen LogP contribution in [0, 0.1) is 0 Å². The van der Waals surface area contributed by atoms with E-state index in [1.807, 2.05) is 0 Å². The number of rotatable bonds is 4. The molecule has 21 heavy (non-hydrogen) atoms. The van der Waals surface area contributed by atoms with Gasteiger partial charge in [-0.05, 0) is 41.5 Å². The quantitative estimate of drug-likeness (QED) is 0.620. The average molecular weight is 276 g/mol. The first-order valence-corrected chi connectivity index (χ1v) is 8.55. The molecule has 0 radical (unpaired) electrons. The highest BCUT2D eigenvalue weighted by Crippen LogP contribution is 2.58. The molecule has 0 saturated carbocycles. The fraction of sp³-hybridized carbons (Fsp3) is 0.429. The minimum atomic E-state index is 0.303. The van der Waals surface area contributed by atoms with Crippen molar-refractivity contribution in [2.45, 2.75) is 56.8 Å². The largest absolute Gasteiger partial charge is 0.0654 e. The van der Waals surface area contributed by atoms with Crippen molar-refractivity contribution in [3.05, 3.63) is 70.8 Å². The zero-order chi connectivity index (χ0) is 14.3. The second-order valence-corrected chi connectivity index (χ2v) is 6.80. The molecule has 3 aliphatic rings. The Morgan fingerprint density at radius 1 is 0.905 bits per heavy atom. The summed E-state index contributed by atoms with van der Waals surface area (Å²) in [5, 5.41) is 0. The fourth-order valence-corrected chi connectivity index (χ4v) is 4.83. The van der Waals surface area contributed by atoms with Gasteiger partial charge < -0.3 is 0 Å². The van der Waals surface area contributed by atoms with E-state index in [1.54, 1.807) is 22.3 Å². The predicted octanol–water partition coefficient (Wildman–Crippen LogP) is 5.79. The molecule has 0 aliphatic heterocycles. The zero-order valence-electron chi connectivity index (χ0n) is 12.9. The molecule has 2 bridgehead atoms. The van der Waals surface area contributed by atoms with Crippen LogP contribution in [-0.2, 0) is 5.41 Å². The summed E-state index contributed by atoms with van der Waals surface area (Å²) in [6.07, 6.45) is 8.01. The maximum absolute atomic E-state index is 2.41. The Bertz CT molecular complexity index is 605. The summed E-state index contributed by atoms with van der Waals surface area (Å²) in [4.78, 5) is 0. The number of unbranched alkanes of at least 4 members (excludes halogenated alkanes) is 2. The molecule has 2 aromatic carbocycles. The van der Waals surface area contributed by atoms with Crippen LogP contribution in [0.5, 0.6) is 0 Å². The maximum Gasteiger partial charge on any atom is 0.0209 e. The average Bonchev–Trinajstić information content (AvgIpc) is 2.56. The normalized spacial score (nSPS) is 25.5. The van der Waals surface area contributed by atoms with Crippen molar-refractivity contribution in [3.8, 4) is 0 Å². The van der Waals surface area contributed by atoms with Gasteiger partial charge in [-0.1, -0.05) is 74.7 Å². The van der Waals surface area contributed by atoms with E-state index in [2.05, 4.69) is 55.5 Å². The van der Waals surface area contributed by atoms with Gasteiger partial charge in [0.1, 0.15) is 0 Å². The summed E-state index contributed by atoms with van der Waals surface area (Å²) in [6.45, 7) is 2.30. The van der Waals surface area contributed by atoms with Crippen molar-refractivity contribution < 1.29 is 0 Å². The van der Waals surface area contributed by atoms with Crippen LogP contribution in [0.25, 0.3) is 0 Å². The van der Waals surface area contributed by atoms with Crippen molar-refractivity contribution in [2.75, 3.05) is 0 Å². The first-order chi connectivity index (χ1) is 10.4. The summed E-state index contributed by atoms with van der Waals surface area (Å²) in [5.41, 5.74) is 6.79. The van der Waals surface area contributed by atoms with Gasteiger partial charge in [0.05, 0.1) is 0 Å². The molecular formula is C21H24. The molecule has 0 aromatic heterocycles. The van der Waals surface area contributed by atoms with Crippen molar-refractivity contribution in [3.63, 3.8) is 0 Å². The van der Waals surface area contributed by atoms with Gasteiger partial charge in [0.15, 0.2) is 0 Å². The van der Waals surface area contributed by atoms with Gasteiger partial charge in [-0.2, -0.15) is 0 Å². The van der Waals surface area contributed by atoms with Crippen LogP contribution >= 0.6 is 0 Å². The summed E-state index contributed by atoms with van der Waals surface area (Å²) in [5.74, 6) is 0.644. The summed E-state index contributed by atoms with van der Waals surface area (Å²) >= 11 is 0. The lowest BCUT2D eigenvalue weighted by molar-refractivity contribution is 0.339. The Morgan fingerprint density at radius 3 is 2.14 bits per heavy atom. The van der Waals surface area contributed by atoms with E-state index in [1.165, 1.54) is 38.5 Å². The standard InChI is InChI=1S/C21H24/c1-2-3-8-14-21-15-13-16(17-9-4-6-11-19(17)21)18-10-5-7-12-20(18)21/h4-7,9-12,16H,2-3,8,13-15H2,1H3. The van der Waals surface area contributed by atoms with E-state index in [0.717, 1.165) is 0 Å². The lowest BCUT2D eigenvalue weighted by Gasteiger charge is -2.50. The minimum Gasteiger partial charge on any atom is -0.0654 e. The molecule has 0 heterocycles. The van der Waals surface area contributed by atoms with Gasteiger partial charge in [-0.25, -0.2) is 0 Å². The summed E-state index contributed by atoms with van der Waals surface area (Å²) in [7, 11) is 0. The molecule has 0 atom stereocenters. The van der Waals surface area contributed by atoms with Crippen molar-refractivity contribution in [1.82, 2.24) is 0 Å². The smallest absolute Gasteiger partial charge is 0.0209 e. The van der Waals surface area contributed by atoms with E-state index in [-0.39, 0.29) is 0 Å². The Balaban J connectivity index is 1.88. The van der Waals surface area contributed by atoms with Crippen LogP contribution < -0.4 is 0 Å². The number of fused-ring (bicyclic) bond motifs is 1. The molecule has 2 aromatic rings. The third kappa shape index (κ3) is 1.81. The van der Waals surface area contributed by atoms with Crippen LogP contribution in [0.1, 0.15) is 73.6 Å². The molecule has 0 N–H and O–H groups in total. The van der Waals surface area contributed by atoms with E-state index < -0.39 is 0 Å². The Hall–Kier alpha value is -1.56. The summed E-state index contributed by atoms with van der Waals surface area (Å²) < 4.78 is 0. The lowest BCUT2D eigenvalue weighted by Crippen LogP contribution is -2.40. The van der Waals surface area contributed by atoms with Gasteiger partial charge in [-0.3, -0.25) is 0 Å². The first kappa shape index (κ1) is 13.1. The predicted molar refractivity (Wildman–Crippen MR) is 88.9 cm³/mol. The maximum atomic E-state index is 2.41. The third-order valence-electron chi connectivity index (χ3n) is 5.77. The Morgan fingerprint density at radius 2 is 1.52 bits per heavy atom. The zero-order valence-corrected chi connectivity index (χ0v) is 12.9. The fourth-order valence-electron chi connectivity index (χ4n) is 4.83. The van der Waals surface area contributed by atoms with Gasteiger partial charge in [0, 0.05) is 11.3 Å². The monoisotopic (exact) mass is 276 g/mol. The molecule has 0 spiro atoms. The Kier molecular flexibility index (Phi) is 3.14. The van der Waals surface area contributed by atoms with Gasteiger partial charge >= 0.3 is 0 Å². The lowest BCUT2D eigenvalue weighted by atomic mass is 9.54. The van der Waals surface area contributed by atoms with Crippen molar-refractivity contribution >= 4 is 0 Å². The number of benzene rings is 2. The third-order valence-corrected chi connectivity index (χ3v) is 5.77. The second-order valence-electron chi connectivity index (χ2n) is 6.80.